The highest BCUT2D eigenvalue weighted by molar-refractivity contribution is 4.85. The summed E-state index contributed by atoms with van der Waals surface area (Å²) in [6, 6.07) is 1.83. The molecule has 2 rings (SSSR count). The lowest BCUT2D eigenvalue weighted by atomic mass is 9.91. The molecule has 0 bridgehead atoms. The summed E-state index contributed by atoms with van der Waals surface area (Å²) in [7, 11) is 2.23. The van der Waals surface area contributed by atoms with Crippen molar-refractivity contribution < 1.29 is 0 Å². The number of nitrogens with two attached hydrogens (primary N) is 1. The Labute approximate surface area is 125 Å². The molecule has 1 unspecified atom stereocenters. The van der Waals surface area contributed by atoms with E-state index in [0.29, 0.717) is 18.1 Å². The molecule has 0 aromatic carbocycles. The summed E-state index contributed by atoms with van der Waals surface area (Å²) < 4.78 is 0. The first-order chi connectivity index (χ1) is 9.56. The van der Waals surface area contributed by atoms with Gasteiger partial charge in [0.15, 0.2) is 0 Å². The van der Waals surface area contributed by atoms with Crippen molar-refractivity contribution in [3.8, 4) is 0 Å². The molecule has 0 spiro atoms. The van der Waals surface area contributed by atoms with Crippen molar-refractivity contribution in [3.63, 3.8) is 0 Å². The Balaban J connectivity index is 1.77. The fourth-order valence-corrected chi connectivity index (χ4v) is 3.55. The van der Waals surface area contributed by atoms with Crippen molar-refractivity contribution in [1.82, 2.24) is 15.1 Å². The topological polar surface area (TPSA) is 44.5 Å². The van der Waals surface area contributed by atoms with Crippen LogP contribution in [0.3, 0.4) is 0 Å². The molecule has 1 saturated heterocycles. The lowest BCUT2D eigenvalue weighted by Gasteiger charge is -2.41. The van der Waals surface area contributed by atoms with Gasteiger partial charge < -0.3 is 16.0 Å². The molecule has 118 valence electrons. The van der Waals surface area contributed by atoms with Crippen LogP contribution in [-0.4, -0.2) is 67.7 Å². The van der Waals surface area contributed by atoms with Gasteiger partial charge in [-0.3, -0.25) is 4.90 Å². The molecule has 20 heavy (non-hydrogen) atoms. The molecule has 2 aliphatic rings. The third-order valence-corrected chi connectivity index (χ3v) is 5.16. The van der Waals surface area contributed by atoms with E-state index in [0.717, 1.165) is 12.5 Å². The first-order valence-corrected chi connectivity index (χ1v) is 8.48. The van der Waals surface area contributed by atoms with Crippen LogP contribution in [0.5, 0.6) is 0 Å². The Morgan fingerprint density at radius 3 is 2.20 bits per heavy atom. The molecule has 0 aromatic rings. The predicted molar refractivity (Wildman–Crippen MR) is 85.9 cm³/mol. The zero-order valence-corrected chi connectivity index (χ0v) is 13.6. The largest absolute Gasteiger partial charge is 0.328 e. The molecule has 0 radical (unpaired) electrons. The van der Waals surface area contributed by atoms with Gasteiger partial charge in [-0.1, -0.05) is 13.8 Å². The van der Waals surface area contributed by atoms with Crippen LogP contribution < -0.4 is 11.1 Å². The Bertz CT molecular complexity index is 266. The van der Waals surface area contributed by atoms with Crippen molar-refractivity contribution in [1.29, 1.82) is 0 Å². The van der Waals surface area contributed by atoms with Gasteiger partial charge in [-0.05, 0) is 38.6 Å². The molecule has 1 heterocycles. The van der Waals surface area contributed by atoms with E-state index in [4.69, 9.17) is 5.73 Å². The molecule has 3 N–H and O–H groups in total. The number of nitrogens with one attached hydrogen (secondary N) is 1. The quantitative estimate of drug-likeness (QED) is 0.793. The zero-order chi connectivity index (χ0) is 14.5. The third-order valence-electron chi connectivity index (χ3n) is 5.16. The number of hydrogen-bond acceptors (Lipinski definition) is 4. The van der Waals surface area contributed by atoms with Gasteiger partial charge in [-0.2, -0.15) is 0 Å². The van der Waals surface area contributed by atoms with Crippen LogP contribution in [0.2, 0.25) is 0 Å². The van der Waals surface area contributed by atoms with Crippen LogP contribution in [0.4, 0.5) is 0 Å². The minimum Gasteiger partial charge on any atom is -0.328 e. The SMILES string of the molecule is CC(C)C(CNC1CCC(N)CC1)N1CCN(C)CC1. The predicted octanol–water partition coefficient (Wildman–Crippen LogP) is 1.12. The fourth-order valence-electron chi connectivity index (χ4n) is 3.55. The molecule has 4 heteroatoms. The maximum absolute atomic E-state index is 5.99. The monoisotopic (exact) mass is 282 g/mol. The Kier molecular flexibility index (Phi) is 6.27. The van der Waals surface area contributed by atoms with Crippen LogP contribution >= 0.6 is 0 Å². The standard InChI is InChI=1S/C16H34N4/c1-13(2)16(20-10-8-19(3)9-11-20)12-18-15-6-4-14(17)5-7-15/h13-16,18H,4-12,17H2,1-3H3. The average molecular weight is 282 g/mol. The minimum absolute atomic E-state index is 0.451. The van der Waals surface area contributed by atoms with E-state index in [-0.39, 0.29) is 0 Å². The van der Waals surface area contributed by atoms with E-state index in [1.54, 1.807) is 0 Å². The maximum Gasteiger partial charge on any atom is 0.0244 e. The van der Waals surface area contributed by atoms with E-state index in [1.807, 2.05) is 0 Å². The molecule has 1 aliphatic heterocycles. The van der Waals surface area contributed by atoms with Crippen molar-refractivity contribution in [2.75, 3.05) is 39.8 Å². The Hall–Kier alpha value is -0.160. The van der Waals surface area contributed by atoms with Crippen LogP contribution in [0.1, 0.15) is 39.5 Å². The highest BCUT2D eigenvalue weighted by Crippen LogP contribution is 2.18. The number of piperazine rings is 1. The number of hydrogen-bond donors (Lipinski definition) is 2. The van der Waals surface area contributed by atoms with Gasteiger partial charge in [0.05, 0.1) is 0 Å². The summed E-state index contributed by atoms with van der Waals surface area (Å²) in [6.07, 6.45) is 4.90. The number of rotatable bonds is 5. The van der Waals surface area contributed by atoms with E-state index in [1.165, 1.54) is 51.9 Å². The average Bonchev–Trinajstić information content (AvgIpc) is 2.43. The van der Waals surface area contributed by atoms with Crippen LogP contribution in [-0.2, 0) is 0 Å². The first kappa shape index (κ1) is 16.2. The summed E-state index contributed by atoms with van der Waals surface area (Å²) >= 11 is 0. The molecule has 2 fully saturated rings. The van der Waals surface area contributed by atoms with Gasteiger partial charge >= 0.3 is 0 Å². The molecule has 1 saturated carbocycles. The van der Waals surface area contributed by atoms with Crippen LogP contribution in [0.15, 0.2) is 0 Å². The highest BCUT2D eigenvalue weighted by Gasteiger charge is 2.26. The van der Waals surface area contributed by atoms with Crippen molar-refractivity contribution in [2.45, 2.75) is 57.7 Å². The van der Waals surface area contributed by atoms with Crippen molar-refractivity contribution >= 4 is 0 Å². The molecule has 1 aliphatic carbocycles. The fraction of sp³-hybridized carbons (Fsp3) is 1.00. The molecule has 0 amide bonds. The van der Waals surface area contributed by atoms with E-state index < -0.39 is 0 Å². The second-order valence-corrected chi connectivity index (χ2v) is 7.17. The summed E-state index contributed by atoms with van der Waals surface area (Å²) in [5.74, 6) is 0.719. The second kappa shape index (κ2) is 7.74. The zero-order valence-electron chi connectivity index (χ0n) is 13.6. The van der Waals surface area contributed by atoms with E-state index in [9.17, 15) is 0 Å². The summed E-state index contributed by atoms with van der Waals surface area (Å²) in [5, 5.41) is 3.82. The molecule has 4 nitrogen and oxygen atoms in total. The van der Waals surface area contributed by atoms with Crippen LogP contribution in [0.25, 0.3) is 0 Å². The van der Waals surface area contributed by atoms with Crippen molar-refractivity contribution in [2.24, 2.45) is 11.7 Å². The van der Waals surface area contributed by atoms with Gasteiger partial charge in [-0.25, -0.2) is 0 Å². The lowest BCUT2D eigenvalue weighted by Crippen LogP contribution is -2.54. The summed E-state index contributed by atoms with van der Waals surface area (Å²) in [4.78, 5) is 5.12. The Morgan fingerprint density at radius 1 is 1.05 bits per heavy atom. The van der Waals surface area contributed by atoms with Gasteiger partial charge in [0, 0.05) is 50.8 Å². The normalized spacial score (nSPS) is 31.6. The molecular formula is C16H34N4. The Morgan fingerprint density at radius 2 is 1.65 bits per heavy atom. The first-order valence-electron chi connectivity index (χ1n) is 8.48. The highest BCUT2D eigenvalue weighted by atomic mass is 15.3. The van der Waals surface area contributed by atoms with Crippen LogP contribution in [0, 0.1) is 5.92 Å². The van der Waals surface area contributed by atoms with Gasteiger partial charge in [0.2, 0.25) is 0 Å². The molecule has 1 atom stereocenters. The number of likely N-dealkylation sites (N-methyl/N-ethyl adjacent to an activating group) is 1. The lowest BCUT2D eigenvalue weighted by molar-refractivity contribution is 0.0849. The number of nitrogens with zero attached hydrogens (tertiary/aromatic N) is 2. The second-order valence-electron chi connectivity index (χ2n) is 7.17. The van der Waals surface area contributed by atoms with Gasteiger partial charge in [-0.15, -0.1) is 0 Å². The summed E-state index contributed by atoms with van der Waals surface area (Å²) in [5.41, 5.74) is 5.99. The van der Waals surface area contributed by atoms with Gasteiger partial charge in [0.1, 0.15) is 0 Å². The summed E-state index contributed by atoms with van der Waals surface area (Å²) in [6.45, 7) is 10.7. The smallest absolute Gasteiger partial charge is 0.0244 e. The molecule has 0 aromatic heterocycles. The van der Waals surface area contributed by atoms with E-state index >= 15 is 0 Å². The third kappa shape index (κ3) is 4.69. The van der Waals surface area contributed by atoms with Crippen molar-refractivity contribution in [3.05, 3.63) is 0 Å². The minimum atomic E-state index is 0.451. The van der Waals surface area contributed by atoms with Gasteiger partial charge in [0.25, 0.3) is 0 Å². The molecular weight excluding hydrogens is 248 g/mol. The maximum atomic E-state index is 5.99. The van der Waals surface area contributed by atoms with E-state index in [2.05, 4.69) is 36.0 Å².